The minimum atomic E-state index is -0.717. The Morgan fingerprint density at radius 3 is 2.71 bits per heavy atom. The van der Waals surface area contributed by atoms with E-state index in [1.807, 2.05) is 6.92 Å². The molecule has 0 saturated carbocycles. The first-order chi connectivity index (χ1) is 16.4. The molecule has 34 heavy (non-hydrogen) atoms. The third-order valence-electron chi connectivity index (χ3n) is 5.66. The minimum Gasteiger partial charge on any atom is -0.456 e. The minimum absolute atomic E-state index is 0.150. The SMILES string of the molecule is Cc1cc(C(=O)NN2CCOCC2)nn1Cc1cc(Cl)cc2cc(-c3ccc(F)cc3F)oc12. The van der Waals surface area contributed by atoms with Crippen LogP contribution in [0.5, 0.6) is 0 Å². The maximum absolute atomic E-state index is 14.3. The first kappa shape index (κ1) is 22.5. The normalized spacial score (nSPS) is 14.6. The number of furan rings is 1. The number of nitrogens with one attached hydrogen (secondary N) is 1. The van der Waals surface area contributed by atoms with Crippen LogP contribution in [0.15, 0.2) is 46.9 Å². The third kappa shape index (κ3) is 4.54. The average molecular weight is 487 g/mol. The van der Waals surface area contributed by atoms with E-state index in [9.17, 15) is 13.6 Å². The summed E-state index contributed by atoms with van der Waals surface area (Å²) in [5.74, 6) is -1.42. The second-order valence-electron chi connectivity index (χ2n) is 8.09. The van der Waals surface area contributed by atoms with Crippen molar-refractivity contribution in [3.63, 3.8) is 0 Å². The largest absolute Gasteiger partial charge is 0.456 e. The molecule has 7 nitrogen and oxygen atoms in total. The molecule has 1 N–H and O–H groups in total. The van der Waals surface area contributed by atoms with Crippen LogP contribution in [0.25, 0.3) is 22.3 Å². The molecule has 10 heteroatoms. The van der Waals surface area contributed by atoms with Crippen molar-refractivity contribution < 1.29 is 22.7 Å². The number of ether oxygens (including phenoxy) is 1. The predicted octanol–water partition coefficient (Wildman–Crippen LogP) is 4.56. The Hall–Kier alpha value is -3.27. The van der Waals surface area contributed by atoms with Gasteiger partial charge in [-0.15, -0.1) is 0 Å². The Bertz CT molecular complexity index is 1380. The van der Waals surface area contributed by atoms with Gasteiger partial charge in [0.25, 0.3) is 5.91 Å². The summed E-state index contributed by atoms with van der Waals surface area (Å²) in [6.45, 7) is 4.48. The first-order valence-electron chi connectivity index (χ1n) is 10.7. The van der Waals surface area contributed by atoms with Gasteiger partial charge < -0.3 is 9.15 Å². The van der Waals surface area contributed by atoms with Crippen LogP contribution < -0.4 is 5.43 Å². The van der Waals surface area contributed by atoms with E-state index in [1.54, 1.807) is 34.0 Å². The van der Waals surface area contributed by atoms with Crippen LogP contribution in [-0.2, 0) is 11.3 Å². The van der Waals surface area contributed by atoms with E-state index in [0.29, 0.717) is 47.9 Å². The van der Waals surface area contributed by atoms with Gasteiger partial charge in [-0.3, -0.25) is 14.9 Å². The highest BCUT2D eigenvalue weighted by Crippen LogP contribution is 2.34. The van der Waals surface area contributed by atoms with Crippen molar-refractivity contribution in [2.45, 2.75) is 13.5 Å². The van der Waals surface area contributed by atoms with E-state index in [1.165, 1.54) is 12.1 Å². The summed E-state index contributed by atoms with van der Waals surface area (Å²) < 4.78 is 40.6. The van der Waals surface area contributed by atoms with Crippen LogP contribution in [-0.4, -0.2) is 47.0 Å². The van der Waals surface area contributed by atoms with Crippen molar-refractivity contribution in [2.75, 3.05) is 26.3 Å². The molecule has 1 amide bonds. The lowest BCUT2D eigenvalue weighted by molar-refractivity contribution is 0.0124. The van der Waals surface area contributed by atoms with E-state index in [-0.39, 0.29) is 29.5 Å². The second kappa shape index (κ2) is 9.17. The van der Waals surface area contributed by atoms with E-state index < -0.39 is 11.6 Å². The van der Waals surface area contributed by atoms with Gasteiger partial charge in [0.05, 0.1) is 25.3 Å². The van der Waals surface area contributed by atoms with Crippen molar-refractivity contribution in [3.8, 4) is 11.3 Å². The fraction of sp³-hybridized carbons (Fsp3) is 0.250. The zero-order valence-electron chi connectivity index (χ0n) is 18.3. The number of hydrogen-bond donors (Lipinski definition) is 1. The maximum atomic E-state index is 14.3. The molecule has 1 saturated heterocycles. The quantitative estimate of drug-likeness (QED) is 0.447. The Kier molecular flexibility index (Phi) is 6.07. The molecule has 1 aliphatic heterocycles. The molecule has 3 heterocycles. The zero-order chi connectivity index (χ0) is 23.8. The molecule has 0 spiro atoms. The van der Waals surface area contributed by atoms with Gasteiger partial charge in [0.2, 0.25) is 0 Å². The summed E-state index contributed by atoms with van der Waals surface area (Å²) in [4.78, 5) is 12.6. The van der Waals surface area contributed by atoms with Crippen LogP contribution >= 0.6 is 11.6 Å². The number of morpholine rings is 1. The summed E-state index contributed by atoms with van der Waals surface area (Å²) in [7, 11) is 0. The van der Waals surface area contributed by atoms with Gasteiger partial charge >= 0.3 is 0 Å². The number of benzene rings is 2. The molecular formula is C24H21ClF2N4O3. The molecule has 0 unspecified atom stereocenters. The lowest BCUT2D eigenvalue weighted by Gasteiger charge is -2.26. The van der Waals surface area contributed by atoms with Crippen LogP contribution in [0.3, 0.4) is 0 Å². The number of halogens is 3. The molecule has 0 bridgehead atoms. The summed E-state index contributed by atoms with van der Waals surface area (Å²) in [5, 5.41) is 7.41. The first-order valence-corrected chi connectivity index (χ1v) is 11.1. The molecule has 2 aromatic heterocycles. The van der Waals surface area contributed by atoms with Gasteiger partial charge in [-0.2, -0.15) is 5.10 Å². The van der Waals surface area contributed by atoms with Gasteiger partial charge in [0.15, 0.2) is 5.69 Å². The standard InChI is InChI=1S/C24H21ClF2N4O3/c1-14-8-21(24(32)29-30-4-6-33-7-5-30)28-31(14)13-16-10-17(25)9-15-11-22(34-23(15)16)19-3-2-18(26)12-20(19)27/h2-3,8-12H,4-7,13H2,1H3,(H,29,32). The Balaban J connectivity index is 1.43. The highest BCUT2D eigenvalue weighted by Gasteiger charge is 2.19. The van der Waals surface area contributed by atoms with Crippen molar-refractivity contribution in [2.24, 2.45) is 0 Å². The Morgan fingerprint density at radius 1 is 1.15 bits per heavy atom. The number of hydrogen-bond acceptors (Lipinski definition) is 5. The van der Waals surface area contributed by atoms with E-state index in [2.05, 4.69) is 10.5 Å². The van der Waals surface area contributed by atoms with Gasteiger partial charge in [-0.25, -0.2) is 13.8 Å². The summed E-state index contributed by atoms with van der Waals surface area (Å²) in [5.41, 5.74) is 5.28. The summed E-state index contributed by atoms with van der Waals surface area (Å²) in [6.07, 6.45) is 0. The van der Waals surface area contributed by atoms with Gasteiger partial charge in [0.1, 0.15) is 23.0 Å². The van der Waals surface area contributed by atoms with Crippen LogP contribution in [0.2, 0.25) is 5.02 Å². The van der Waals surface area contributed by atoms with Crippen LogP contribution in [0.1, 0.15) is 21.7 Å². The monoisotopic (exact) mass is 486 g/mol. The fourth-order valence-corrected chi connectivity index (χ4v) is 4.19. The number of carbonyl (C=O) groups is 1. The molecule has 2 aromatic carbocycles. The molecule has 4 aromatic rings. The number of hydrazine groups is 1. The van der Waals surface area contributed by atoms with Gasteiger partial charge in [-0.05, 0) is 43.3 Å². The van der Waals surface area contributed by atoms with E-state index >= 15 is 0 Å². The number of aryl methyl sites for hydroxylation is 1. The van der Waals surface area contributed by atoms with E-state index in [4.69, 9.17) is 20.8 Å². The molecule has 0 aliphatic carbocycles. The molecular weight excluding hydrogens is 466 g/mol. The van der Waals surface area contributed by atoms with Crippen LogP contribution in [0, 0.1) is 18.6 Å². The maximum Gasteiger partial charge on any atom is 0.286 e. The molecule has 5 rings (SSSR count). The smallest absolute Gasteiger partial charge is 0.286 e. The summed E-state index contributed by atoms with van der Waals surface area (Å²) in [6, 6.07) is 10.2. The number of carbonyl (C=O) groups excluding carboxylic acids is 1. The predicted molar refractivity (Wildman–Crippen MR) is 123 cm³/mol. The molecule has 0 radical (unpaired) electrons. The van der Waals surface area contributed by atoms with Gasteiger partial charge in [-0.1, -0.05) is 11.6 Å². The van der Waals surface area contributed by atoms with E-state index in [0.717, 1.165) is 11.8 Å². The highest BCUT2D eigenvalue weighted by atomic mass is 35.5. The zero-order valence-corrected chi connectivity index (χ0v) is 19.0. The third-order valence-corrected chi connectivity index (χ3v) is 5.88. The van der Waals surface area contributed by atoms with Gasteiger partial charge in [0, 0.05) is 40.8 Å². The summed E-state index contributed by atoms with van der Waals surface area (Å²) >= 11 is 6.33. The lowest BCUT2D eigenvalue weighted by atomic mass is 10.1. The number of amides is 1. The number of aromatic nitrogens is 2. The molecule has 1 fully saturated rings. The fourth-order valence-electron chi connectivity index (χ4n) is 3.94. The molecule has 176 valence electrons. The van der Waals surface area contributed by atoms with Crippen molar-refractivity contribution in [1.82, 2.24) is 20.2 Å². The Morgan fingerprint density at radius 2 is 1.94 bits per heavy atom. The Labute approximate surface area is 198 Å². The lowest BCUT2D eigenvalue weighted by Crippen LogP contribution is -2.48. The highest BCUT2D eigenvalue weighted by molar-refractivity contribution is 6.31. The molecule has 0 atom stereocenters. The number of nitrogens with zero attached hydrogens (tertiary/aromatic N) is 3. The van der Waals surface area contributed by atoms with Crippen LogP contribution in [0.4, 0.5) is 8.78 Å². The topological polar surface area (TPSA) is 72.5 Å². The number of rotatable bonds is 5. The second-order valence-corrected chi connectivity index (χ2v) is 8.52. The number of fused-ring (bicyclic) bond motifs is 1. The molecule has 1 aliphatic rings. The van der Waals surface area contributed by atoms with Crippen molar-refractivity contribution >= 4 is 28.5 Å². The van der Waals surface area contributed by atoms with Crippen molar-refractivity contribution in [1.29, 1.82) is 0 Å². The average Bonchev–Trinajstić information content (AvgIpc) is 3.38. The van der Waals surface area contributed by atoms with Crippen molar-refractivity contribution in [3.05, 3.63) is 76.1 Å².